The summed E-state index contributed by atoms with van der Waals surface area (Å²) in [7, 11) is 3.19. The van der Waals surface area contributed by atoms with Gasteiger partial charge in [0.1, 0.15) is 76.5 Å². The summed E-state index contributed by atoms with van der Waals surface area (Å²) in [5, 5.41) is 67.4. The molecule has 0 spiro atoms. The molecule has 128 heavy (non-hydrogen) atoms. The minimum atomic E-state index is -0.281. The minimum Gasteiger partial charge on any atom is -0.508 e. The summed E-state index contributed by atoms with van der Waals surface area (Å²) >= 11 is 16.4. The number of ether oxygens (including phenoxy) is 4. The first-order valence-corrected chi connectivity index (χ1v) is 42.9. The molecule has 0 unspecified atom stereocenters. The lowest BCUT2D eigenvalue weighted by atomic mass is 10.1. The second-order valence-corrected chi connectivity index (χ2v) is 31.8. The normalized spacial score (nSPS) is 10.7. The third kappa shape index (κ3) is 33.0. The summed E-state index contributed by atoms with van der Waals surface area (Å²) in [5.74, 6) is 1.41. The number of benzene rings is 14. The molecule has 644 valence electrons. The maximum atomic E-state index is 12.3. The first kappa shape index (κ1) is 97.5. The van der Waals surface area contributed by atoms with Gasteiger partial charge in [-0.2, -0.15) is 0 Å². The zero-order valence-electron chi connectivity index (χ0n) is 68.6. The van der Waals surface area contributed by atoms with Crippen LogP contribution in [-0.2, 0) is 13.2 Å². The van der Waals surface area contributed by atoms with Crippen molar-refractivity contribution in [2.45, 2.75) is 13.2 Å². The molecule has 0 aliphatic carbocycles. The molecule has 0 radical (unpaired) electrons. The number of carbonyl (C=O) groups is 6. The van der Waals surface area contributed by atoms with Crippen LogP contribution in [-0.4, -0.2) is 84.7 Å². The highest BCUT2D eigenvalue weighted by Crippen LogP contribution is 2.30. The number of hydrogen-bond donors (Lipinski definition) is 7. The maximum absolute atomic E-state index is 12.3. The maximum Gasteiger partial charge on any atom is 0.189 e. The highest BCUT2D eigenvalue weighted by Gasteiger charge is 2.15. The van der Waals surface area contributed by atoms with Gasteiger partial charge in [0.15, 0.2) is 34.7 Å². The third-order valence-electron chi connectivity index (χ3n) is 18.0. The first-order valence-electron chi connectivity index (χ1n) is 39.0. The predicted octanol–water partition coefficient (Wildman–Crippen LogP) is 26.4. The summed E-state index contributed by atoms with van der Waals surface area (Å²) in [4.78, 5) is 72.3. The first-order chi connectivity index (χ1) is 61.8. The van der Waals surface area contributed by atoms with Gasteiger partial charge in [-0.1, -0.05) is 280 Å². The molecule has 14 aromatic carbocycles. The van der Waals surface area contributed by atoms with Gasteiger partial charge < -0.3 is 54.7 Å². The van der Waals surface area contributed by atoms with Gasteiger partial charge >= 0.3 is 0 Å². The van der Waals surface area contributed by atoms with Crippen LogP contribution in [0.3, 0.4) is 0 Å². The monoisotopic (exact) mass is 2020 g/mol. The molecule has 17 nitrogen and oxygen atoms in total. The van der Waals surface area contributed by atoms with E-state index < -0.39 is 0 Å². The van der Waals surface area contributed by atoms with Crippen molar-refractivity contribution in [3.05, 3.63) is 464 Å². The zero-order chi connectivity index (χ0) is 91.7. The predicted molar refractivity (Wildman–Crippen MR) is 522 cm³/mol. The van der Waals surface area contributed by atoms with Gasteiger partial charge in [0.2, 0.25) is 0 Å². The lowest BCUT2D eigenvalue weighted by Gasteiger charge is -2.07. The smallest absolute Gasteiger partial charge is 0.189 e. The van der Waals surface area contributed by atoms with Crippen molar-refractivity contribution in [1.82, 2.24) is 0 Å². The number of para-hydroxylation sites is 1. The van der Waals surface area contributed by atoms with Gasteiger partial charge in [-0.25, -0.2) is 0 Å². The number of aromatic hydroxyl groups is 7. The number of rotatable bonds is 26. The number of phenolic OH excluding ortho intramolecular Hbond substituents is 7. The number of halogens is 5. The average molecular weight is 2030 g/mol. The Labute approximate surface area is 782 Å². The van der Waals surface area contributed by atoms with Crippen LogP contribution in [0.2, 0.25) is 0 Å². The highest BCUT2D eigenvalue weighted by molar-refractivity contribution is 9.11. The second kappa shape index (κ2) is 51.2. The van der Waals surface area contributed by atoms with E-state index in [0.717, 1.165) is 89.9 Å². The number of phenols is 7. The fourth-order valence-electron chi connectivity index (χ4n) is 11.3. The van der Waals surface area contributed by atoms with E-state index >= 15 is 0 Å². The largest absolute Gasteiger partial charge is 0.508 e. The number of ketones is 6. The van der Waals surface area contributed by atoms with Crippen LogP contribution in [0.15, 0.2) is 386 Å². The molecule has 0 bridgehead atoms. The van der Waals surface area contributed by atoms with Crippen molar-refractivity contribution < 1.29 is 83.5 Å². The van der Waals surface area contributed by atoms with Crippen molar-refractivity contribution in [3.63, 3.8) is 0 Å². The van der Waals surface area contributed by atoms with Crippen molar-refractivity contribution in [2.75, 3.05) is 14.2 Å². The van der Waals surface area contributed by atoms with Gasteiger partial charge in [-0.05, 0) is 245 Å². The van der Waals surface area contributed by atoms with Crippen molar-refractivity contribution in [3.8, 4) is 63.2 Å². The molecule has 0 saturated heterocycles. The third-order valence-corrected chi connectivity index (χ3v) is 20.4. The van der Waals surface area contributed by atoms with Gasteiger partial charge in [0.05, 0.1) is 47.6 Å². The highest BCUT2D eigenvalue weighted by atomic mass is 79.9. The van der Waals surface area contributed by atoms with Gasteiger partial charge in [-0.3, -0.25) is 28.8 Å². The molecule has 0 saturated carbocycles. The number of hydrogen-bond acceptors (Lipinski definition) is 17. The molecular formula is C106H83Br5O17. The number of methoxy groups -OCH3 is 2. The Kier molecular flexibility index (Phi) is 39.1. The van der Waals surface area contributed by atoms with Crippen LogP contribution in [0.5, 0.6) is 63.2 Å². The lowest BCUT2D eigenvalue weighted by Crippen LogP contribution is -1.96. The van der Waals surface area contributed by atoms with Crippen molar-refractivity contribution >= 4 is 151 Å². The van der Waals surface area contributed by atoms with Crippen LogP contribution in [0.1, 0.15) is 107 Å². The molecule has 0 amide bonds. The molecule has 22 heteroatoms. The van der Waals surface area contributed by atoms with E-state index in [1.54, 1.807) is 154 Å². The Balaban J connectivity index is 0.000000175. The molecule has 0 fully saturated rings. The SMILES string of the molecule is COc1ccc(/C=C/C(=O)c2cc(Br)ccc2O)cc1.COc1cccc(/C=C/C(=O)c2cc(Br)ccc2O)c1.O=C(/C=C/c1ccc(OCc2ccccc2)cc1)c1cc(Br)ccc1O.O=C(/C=C/c1cccc(O)c1)c1ccccc1O.O=C(/C=C/c1cccc(OCc2ccccc2)c1)c1cc(Br)ccc1O.O=C(/C=C/c1ccccc1)c1cc(Br)ccc1O. The molecule has 0 atom stereocenters. The van der Waals surface area contributed by atoms with E-state index in [2.05, 4.69) is 79.6 Å². The Morgan fingerprint density at radius 1 is 0.234 bits per heavy atom. The van der Waals surface area contributed by atoms with Crippen LogP contribution >= 0.6 is 79.6 Å². The molecule has 0 aliphatic heterocycles. The molecule has 14 rings (SSSR count). The van der Waals surface area contributed by atoms with Crippen LogP contribution in [0.25, 0.3) is 36.5 Å². The fourth-order valence-corrected chi connectivity index (χ4v) is 13.1. The molecule has 0 aromatic heterocycles. The zero-order valence-corrected chi connectivity index (χ0v) is 76.6. The molecule has 0 heterocycles. The van der Waals surface area contributed by atoms with Crippen molar-refractivity contribution in [1.29, 1.82) is 0 Å². The van der Waals surface area contributed by atoms with E-state index in [-0.39, 0.29) is 108 Å². The Hall–Kier alpha value is -14.3. The summed E-state index contributed by atoms with van der Waals surface area (Å²) in [5.41, 5.74) is 8.92. The molecule has 0 aliphatic rings. The summed E-state index contributed by atoms with van der Waals surface area (Å²) in [6.45, 7) is 0.996. The van der Waals surface area contributed by atoms with E-state index in [9.17, 15) is 64.5 Å². The topological polar surface area (TPSA) is 281 Å². The van der Waals surface area contributed by atoms with E-state index in [4.69, 9.17) is 18.9 Å². The van der Waals surface area contributed by atoms with E-state index in [1.165, 1.54) is 72.9 Å². The van der Waals surface area contributed by atoms with Gasteiger partial charge in [-0.15, -0.1) is 0 Å². The number of carbonyl (C=O) groups excluding carboxylic acids is 6. The summed E-state index contributed by atoms with van der Waals surface area (Å²) in [6, 6.07) is 95.9. The molecular weight excluding hydrogens is 1940 g/mol. The summed E-state index contributed by atoms with van der Waals surface area (Å²) < 4.78 is 25.4. The van der Waals surface area contributed by atoms with E-state index in [1.807, 2.05) is 188 Å². The lowest BCUT2D eigenvalue weighted by molar-refractivity contribution is 0.103. The Bertz CT molecular complexity index is 6310. The Morgan fingerprint density at radius 3 is 0.852 bits per heavy atom. The molecule has 7 N–H and O–H groups in total. The fraction of sp³-hybridized carbons (Fsp3) is 0.0377. The van der Waals surface area contributed by atoms with Gasteiger partial charge in [0, 0.05) is 22.4 Å². The second-order valence-electron chi connectivity index (χ2n) is 27.3. The molecule has 14 aromatic rings. The van der Waals surface area contributed by atoms with Crippen LogP contribution in [0.4, 0.5) is 0 Å². The van der Waals surface area contributed by atoms with Crippen LogP contribution in [0, 0.1) is 0 Å². The standard InChI is InChI=1S/2C22H17BrO3.2C16H13BrO3.C15H11BrO2.C15H12O3/c23-18-10-12-22(25)20(14-18)21(24)11-9-16-7-4-8-19(13-16)26-15-17-5-2-1-3-6-17;23-18-9-13-22(25)20(14-18)21(24)12-8-16-6-10-19(11-7-16)26-15-17-4-2-1-3-5-17;1-20-13-6-2-11(3-7-13)4-8-15(18)14-10-12(17)5-9-16(14)19;1-20-13-4-2-3-11(9-13)5-7-15(18)14-10-12(17)6-8-16(14)19;16-12-7-9-15(18)13(10-12)14(17)8-6-11-4-2-1-3-5-11;16-12-5-3-4-11(10-12)8-9-15(18)13-6-1-2-7-14(13)17/h2*1-14,25H,15H2;2*2-10,19H,1H3;1-10,18H;1-10,16-17H/b11-9+;12-8+;8-4+;7-5+;8-6+;9-8+. The number of allylic oxidation sites excluding steroid dienone is 6. The van der Waals surface area contributed by atoms with Gasteiger partial charge in [0.25, 0.3) is 0 Å². The summed E-state index contributed by atoms with van der Waals surface area (Å²) in [6.07, 6.45) is 18.7. The average Bonchev–Trinajstić information content (AvgIpc) is 0.870. The van der Waals surface area contributed by atoms with Crippen LogP contribution < -0.4 is 18.9 Å². The Morgan fingerprint density at radius 2 is 0.500 bits per heavy atom. The minimum absolute atomic E-state index is 0.0130. The van der Waals surface area contributed by atoms with E-state index in [0.29, 0.717) is 13.2 Å². The quantitative estimate of drug-likeness (QED) is 0.0196. The van der Waals surface area contributed by atoms with Crippen molar-refractivity contribution in [2.24, 2.45) is 0 Å².